The number of hydrogen-bond acceptors (Lipinski definition) is 7. The number of anilines is 1. The number of nitrogen functional groups attached to an aromatic ring is 1. The van der Waals surface area contributed by atoms with Gasteiger partial charge in [-0.05, 0) is 13.0 Å². The first-order valence-electron chi connectivity index (χ1n) is 6.04. The van der Waals surface area contributed by atoms with Crippen LogP contribution in [-0.4, -0.2) is 55.0 Å². The first kappa shape index (κ1) is 16.4. The van der Waals surface area contributed by atoms with Gasteiger partial charge in [-0.25, -0.2) is 0 Å². The van der Waals surface area contributed by atoms with Gasteiger partial charge in [0, 0.05) is 0 Å². The van der Waals surface area contributed by atoms with Gasteiger partial charge >= 0.3 is 11.9 Å². The Labute approximate surface area is 121 Å². The molecule has 0 unspecified atom stereocenters. The van der Waals surface area contributed by atoms with Crippen LogP contribution in [0.4, 0.5) is 5.69 Å². The SMILES string of the molecule is COC(=O)CN(CC(=O)OC)C(=O)c1cc(N)cnc1C. The highest BCUT2D eigenvalue weighted by Gasteiger charge is 2.24. The van der Waals surface area contributed by atoms with Crippen LogP contribution in [0.3, 0.4) is 0 Å². The third-order valence-electron chi connectivity index (χ3n) is 2.72. The number of aryl methyl sites for hydroxylation is 1. The number of hydrogen-bond donors (Lipinski definition) is 1. The molecule has 0 radical (unpaired) electrons. The van der Waals surface area contributed by atoms with E-state index in [4.69, 9.17) is 5.73 Å². The standard InChI is InChI=1S/C13H17N3O5/c1-8-10(4-9(14)5-15-8)13(19)16(6-11(17)20-2)7-12(18)21-3/h4-5H,6-7,14H2,1-3H3. The van der Waals surface area contributed by atoms with Gasteiger partial charge in [0.05, 0.1) is 37.4 Å². The number of nitrogens with two attached hydrogens (primary N) is 1. The number of rotatable bonds is 5. The van der Waals surface area contributed by atoms with Crippen molar-refractivity contribution in [2.24, 2.45) is 0 Å². The van der Waals surface area contributed by atoms with E-state index in [0.717, 1.165) is 4.90 Å². The Kier molecular flexibility index (Phi) is 5.65. The second kappa shape index (κ2) is 7.22. The van der Waals surface area contributed by atoms with E-state index < -0.39 is 17.8 Å². The Hall–Kier alpha value is -2.64. The minimum absolute atomic E-state index is 0.211. The number of esters is 2. The van der Waals surface area contributed by atoms with Gasteiger partial charge in [0.25, 0.3) is 5.91 Å². The summed E-state index contributed by atoms with van der Waals surface area (Å²) in [5.74, 6) is -1.85. The average Bonchev–Trinajstić information content (AvgIpc) is 2.47. The topological polar surface area (TPSA) is 112 Å². The molecule has 0 saturated heterocycles. The van der Waals surface area contributed by atoms with Crippen molar-refractivity contribution in [1.82, 2.24) is 9.88 Å². The third-order valence-corrected chi connectivity index (χ3v) is 2.72. The highest BCUT2D eigenvalue weighted by Crippen LogP contribution is 2.12. The molecule has 8 heteroatoms. The molecule has 0 atom stereocenters. The molecule has 0 aliphatic heterocycles. The van der Waals surface area contributed by atoms with Crippen molar-refractivity contribution in [1.29, 1.82) is 0 Å². The van der Waals surface area contributed by atoms with Gasteiger partial charge in [0.2, 0.25) is 0 Å². The van der Waals surface area contributed by atoms with Crippen molar-refractivity contribution in [2.45, 2.75) is 6.92 Å². The van der Waals surface area contributed by atoms with Gasteiger partial charge < -0.3 is 20.1 Å². The van der Waals surface area contributed by atoms with Crippen molar-refractivity contribution in [3.05, 3.63) is 23.5 Å². The quantitative estimate of drug-likeness (QED) is 0.746. The minimum Gasteiger partial charge on any atom is -0.468 e. The van der Waals surface area contributed by atoms with E-state index in [9.17, 15) is 14.4 Å². The van der Waals surface area contributed by atoms with E-state index in [0.29, 0.717) is 11.4 Å². The van der Waals surface area contributed by atoms with E-state index >= 15 is 0 Å². The molecule has 1 aromatic rings. The van der Waals surface area contributed by atoms with Crippen molar-refractivity contribution < 1.29 is 23.9 Å². The number of aromatic nitrogens is 1. The maximum Gasteiger partial charge on any atom is 0.325 e. The fourth-order valence-corrected chi connectivity index (χ4v) is 1.58. The molecule has 0 fully saturated rings. The largest absolute Gasteiger partial charge is 0.468 e. The lowest BCUT2D eigenvalue weighted by molar-refractivity contribution is -0.144. The van der Waals surface area contributed by atoms with E-state index in [1.807, 2.05) is 0 Å². The molecule has 0 aliphatic carbocycles. The zero-order valence-electron chi connectivity index (χ0n) is 12.1. The molecule has 8 nitrogen and oxygen atoms in total. The van der Waals surface area contributed by atoms with Gasteiger partial charge in [-0.15, -0.1) is 0 Å². The second-order valence-electron chi connectivity index (χ2n) is 4.22. The van der Waals surface area contributed by atoms with Crippen LogP contribution >= 0.6 is 0 Å². The summed E-state index contributed by atoms with van der Waals surface area (Å²) in [5.41, 5.74) is 6.56. The Bertz CT molecular complexity index is 541. The van der Waals surface area contributed by atoms with E-state index in [1.54, 1.807) is 6.92 Å². The Morgan fingerprint density at radius 3 is 2.19 bits per heavy atom. The number of ether oxygens (including phenoxy) is 2. The van der Waals surface area contributed by atoms with Crippen molar-refractivity contribution in [3.8, 4) is 0 Å². The zero-order chi connectivity index (χ0) is 16.0. The van der Waals surface area contributed by atoms with Crippen molar-refractivity contribution in [2.75, 3.05) is 33.0 Å². The van der Waals surface area contributed by atoms with E-state index in [-0.39, 0.29) is 18.7 Å². The Morgan fingerprint density at radius 1 is 1.19 bits per heavy atom. The fourth-order valence-electron chi connectivity index (χ4n) is 1.58. The first-order valence-corrected chi connectivity index (χ1v) is 6.04. The van der Waals surface area contributed by atoms with Crippen molar-refractivity contribution in [3.63, 3.8) is 0 Å². The van der Waals surface area contributed by atoms with Gasteiger partial charge in [0.15, 0.2) is 0 Å². The monoisotopic (exact) mass is 295 g/mol. The summed E-state index contributed by atoms with van der Waals surface area (Å²) in [6.07, 6.45) is 1.41. The molecule has 1 amide bonds. The molecule has 1 heterocycles. The lowest BCUT2D eigenvalue weighted by atomic mass is 10.1. The minimum atomic E-state index is -0.651. The van der Waals surface area contributed by atoms with Crippen LogP contribution in [0.1, 0.15) is 16.1 Å². The molecule has 0 aliphatic rings. The molecule has 0 saturated carbocycles. The molecular weight excluding hydrogens is 278 g/mol. The number of amides is 1. The number of methoxy groups -OCH3 is 2. The summed E-state index contributed by atoms with van der Waals surface area (Å²) in [7, 11) is 2.38. The first-order chi connectivity index (χ1) is 9.88. The summed E-state index contributed by atoms with van der Waals surface area (Å²) >= 11 is 0. The Balaban J connectivity index is 3.05. The molecule has 0 bridgehead atoms. The predicted molar refractivity (Wildman–Crippen MR) is 73.3 cm³/mol. The molecule has 2 N–H and O–H groups in total. The number of carbonyl (C=O) groups is 3. The summed E-state index contributed by atoms with van der Waals surface area (Å²) in [4.78, 5) is 40.2. The van der Waals surface area contributed by atoms with Crippen LogP contribution in [0.5, 0.6) is 0 Å². The maximum atomic E-state index is 12.4. The van der Waals surface area contributed by atoms with E-state index in [1.165, 1.54) is 26.5 Å². The molecule has 0 aromatic carbocycles. The normalized spacial score (nSPS) is 9.86. The third kappa shape index (κ3) is 4.44. The summed E-state index contributed by atoms with van der Waals surface area (Å²) in [5, 5.41) is 0. The summed E-state index contributed by atoms with van der Waals surface area (Å²) in [6, 6.07) is 1.44. The van der Waals surface area contributed by atoms with Crippen LogP contribution in [0, 0.1) is 6.92 Å². The van der Waals surface area contributed by atoms with Gasteiger partial charge in [-0.1, -0.05) is 0 Å². The van der Waals surface area contributed by atoms with Crippen LogP contribution in [0.15, 0.2) is 12.3 Å². The molecule has 1 rings (SSSR count). The molecule has 1 aromatic heterocycles. The second-order valence-corrected chi connectivity index (χ2v) is 4.22. The number of pyridine rings is 1. The Morgan fingerprint density at radius 2 is 1.71 bits per heavy atom. The van der Waals surface area contributed by atoms with Crippen LogP contribution in [0.2, 0.25) is 0 Å². The smallest absolute Gasteiger partial charge is 0.325 e. The zero-order valence-corrected chi connectivity index (χ0v) is 12.1. The lowest BCUT2D eigenvalue weighted by Gasteiger charge is -2.20. The molecule has 21 heavy (non-hydrogen) atoms. The summed E-state index contributed by atoms with van der Waals surface area (Å²) in [6.45, 7) is 0.873. The highest BCUT2D eigenvalue weighted by molar-refractivity contribution is 5.99. The van der Waals surface area contributed by atoms with E-state index in [2.05, 4.69) is 14.5 Å². The maximum absolute atomic E-state index is 12.4. The number of nitrogens with zero attached hydrogens (tertiary/aromatic N) is 2. The molecule has 0 spiro atoms. The van der Waals surface area contributed by atoms with Gasteiger partial charge in [0.1, 0.15) is 13.1 Å². The fraction of sp³-hybridized carbons (Fsp3) is 0.385. The van der Waals surface area contributed by atoms with Crippen LogP contribution in [-0.2, 0) is 19.1 Å². The highest BCUT2D eigenvalue weighted by atomic mass is 16.5. The lowest BCUT2D eigenvalue weighted by Crippen LogP contribution is -2.40. The van der Waals surface area contributed by atoms with Crippen molar-refractivity contribution >= 4 is 23.5 Å². The van der Waals surface area contributed by atoms with Gasteiger partial charge in [-0.3, -0.25) is 19.4 Å². The number of carbonyl (C=O) groups excluding carboxylic acids is 3. The van der Waals surface area contributed by atoms with Gasteiger partial charge in [-0.2, -0.15) is 0 Å². The van der Waals surface area contributed by atoms with Crippen LogP contribution in [0.25, 0.3) is 0 Å². The summed E-state index contributed by atoms with van der Waals surface area (Å²) < 4.78 is 9.02. The molecule has 114 valence electrons. The predicted octanol–water partition coefficient (Wildman–Crippen LogP) is -0.240. The average molecular weight is 295 g/mol. The molecular formula is C13H17N3O5. The van der Waals surface area contributed by atoms with Crippen LogP contribution < -0.4 is 5.73 Å².